The van der Waals surface area contributed by atoms with Crippen LogP contribution in [0.1, 0.15) is 38.2 Å². The lowest BCUT2D eigenvalue weighted by Gasteiger charge is -2.35. The molecule has 1 heterocycles. The van der Waals surface area contributed by atoms with Gasteiger partial charge in [-0.1, -0.05) is 43.3 Å². The SMILES string of the molecule is C=CC[C@@H]1CC[C@H](C)[C@H](CCc2ccccc2)N1. The highest BCUT2D eigenvalue weighted by atomic mass is 15.0. The Bertz CT molecular complexity index is 357. The van der Waals surface area contributed by atoms with E-state index in [-0.39, 0.29) is 0 Å². The molecule has 1 aliphatic heterocycles. The molecule has 0 radical (unpaired) electrons. The van der Waals surface area contributed by atoms with Crippen LogP contribution in [0.5, 0.6) is 0 Å². The first kappa shape index (κ1) is 13.4. The highest BCUT2D eigenvalue weighted by molar-refractivity contribution is 5.15. The van der Waals surface area contributed by atoms with Crippen molar-refractivity contribution in [3.63, 3.8) is 0 Å². The number of hydrogen-bond donors (Lipinski definition) is 1. The molecule has 1 nitrogen and oxygen atoms in total. The van der Waals surface area contributed by atoms with Gasteiger partial charge >= 0.3 is 0 Å². The van der Waals surface area contributed by atoms with Gasteiger partial charge in [0.25, 0.3) is 0 Å². The van der Waals surface area contributed by atoms with Crippen LogP contribution in [0, 0.1) is 5.92 Å². The molecule has 0 bridgehead atoms. The fourth-order valence-electron chi connectivity index (χ4n) is 2.94. The summed E-state index contributed by atoms with van der Waals surface area (Å²) in [4.78, 5) is 0. The first-order chi connectivity index (χ1) is 8.79. The summed E-state index contributed by atoms with van der Waals surface area (Å²) in [7, 11) is 0. The van der Waals surface area contributed by atoms with Crippen molar-refractivity contribution in [2.75, 3.05) is 0 Å². The van der Waals surface area contributed by atoms with Crippen molar-refractivity contribution in [1.82, 2.24) is 5.32 Å². The van der Waals surface area contributed by atoms with Gasteiger partial charge in [0.2, 0.25) is 0 Å². The Balaban J connectivity index is 1.85. The van der Waals surface area contributed by atoms with Crippen molar-refractivity contribution in [3.05, 3.63) is 48.6 Å². The quantitative estimate of drug-likeness (QED) is 0.772. The van der Waals surface area contributed by atoms with Gasteiger partial charge in [-0.2, -0.15) is 0 Å². The lowest BCUT2D eigenvalue weighted by atomic mass is 9.85. The molecule has 0 spiro atoms. The molecular weight excluding hydrogens is 218 g/mol. The summed E-state index contributed by atoms with van der Waals surface area (Å²) in [6.07, 6.45) is 8.24. The molecule has 0 aromatic heterocycles. The van der Waals surface area contributed by atoms with E-state index in [0.29, 0.717) is 12.1 Å². The number of rotatable bonds is 5. The van der Waals surface area contributed by atoms with Crippen molar-refractivity contribution in [3.8, 4) is 0 Å². The van der Waals surface area contributed by atoms with E-state index in [9.17, 15) is 0 Å². The van der Waals surface area contributed by atoms with Gasteiger partial charge in [0.1, 0.15) is 0 Å². The maximum Gasteiger partial charge on any atom is 0.0104 e. The van der Waals surface area contributed by atoms with Crippen molar-refractivity contribution >= 4 is 0 Å². The molecule has 1 aliphatic rings. The minimum atomic E-state index is 0.652. The molecule has 98 valence electrons. The zero-order chi connectivity index (χ0) is 12.8. The fraction of sp³-hybridized carbons (Fsp3) is 0.529. The molecule has 0 unspecified atom stereocenters. The lowest BCUT2D eigenvalue weighted by molar-refractivity contribution is 0.235. The van der Waals surface area contributed by atoms with Crippen LogP contribution >= 0.6 is 0 Å². The van der Waals surface area contributed by atoms with Crippen LogP contribution in [-0.2, 0) is 6.42 Å². The molecule has 3 atom stereocenters. The molecule has 1 aromatic rings. The monoisotopic (exact) mass is 243 g/mol. The fourth-order valence-corrected chi connectivity index (χ4v) is 2.94. The number of nitrogens with one attached hydrogen (secondary N) is 1. The van der Waals surface area contributed by atoms with E-state index < -0.39 is 0 Å². The van der Waals surface area contributed by atoms with Gasteiger partial charge in [0, 0.05) is 12.1 Å². The van der Waals surface area contributed by atoms with Gasteiger partial charge in [0.15, 0.2) is 0 Å². The van der Waals surface area contributed by atoms with E-state index in [1.807, 2.05) is 6.08 Å². The van der Waals surface area contributed by atoms with E-state index >= 15 is 0 Å². The Kier molecular flexibility index (Phi) is 5.00. The Morgan fingerprint density at radius 3 is 2.78 bits per heavy atom. The number of aryl methyl sites for hydroxylation is 1. The molecule has 1 heteroatoms. The maximum absolute atomic E-state index is 3.85. The first-order valence-electron chi connectivity index (χ1n) is 7.20. The predicted octanol–water partition coefficient (Wildman–Crippen LogP) is 3.95. The average molecular weight is 243 g/mol. The third-order valence-electron chi connectivity index (χ3n) is 4.15. The predicted molar refractivity (Wildman–Crippen MR) is 78.7 cm³/mol. The molecular formula is C17H25N. The molecule has 18 heavy (non-hydrogen) atoms. The smallest absolute Gasteiger partial charge is 0.0104 e. The Morgan fingerprint density at radius 2 is 2.06 bits per heavy atom. The largest absolute Gasteiger partial charge is 0.311 e. The highest BCUT2D eigenvalue weighted by Crippen LogP contribution is 2.24. The summed E-state index contributed by atoms with van der Waals surface area (Å²) in [6, 6.07) is 12.1. The summed E-state index contributed by atoms with van der Waals surface area (Å²) in [5, 5.41) is 3.80. The van der Waals surface area contributed by atoms with Gasteiger partial charge in [-0.25, -0.2) is 0 Å². The van der Waals surface area contributed by atoms with Crippen LogP contribution in [0.25, 0.3) is 0 Å². The van der Waals surface area contributed by atoms with E-state index in [4.69, 9.17) is 0 Å². The molecule has 1 aromatic carbocycles. The standard InChI is InChI=1S/C17H25N/c1-3-7-16-12-10-14(2)17(18-16)13-11-15-8-5-4-6-9-15/h3-6,8-9,14,16-18H,1,7,10-13H2,2H3/t14-,16+,17-/m0/s1. The number of hydrogen-bond acceptors (Lipinski definition) is 1. The lowest BCUT2D eigenvalue weighted by Crippen LogP contribution is -2.46. The second-order valence-electron chi connectivity index (χ2n) is 5.57. The molecule has 0 aliphatic carbocycles. The highest BCUT2D eigenvalue weighted by Gasteiger charge is 2.25. The molecule has 1 N–H and O–H groups in total. The van der Waals surface area contributed by atoms with Gasteiger partial charge < -0.3 is 5.32 Å². The zero-order valence-electron chi connectivity index (χ0n) is 11.4. The van der Waals surface area contributed by atoms with E-state index in [2.05, 4.69) is 49.2 Å². The Morgan fingerprint density at radius 1 is 1.28 bits per heavy atom. The minimum absolute atomic E-state index is 0.652. The second-order valence-corrected chi connectivity index (χ2v) is 5.57. The van der Waals surface area contributed by atoms with Crippen LogP contribution in [0.4, 0.5) is 0 Å². The van der Waals surface area contributed by atoms with Crippen LogP contribution in [0.2, 0.25) is 0 Å². The van der Waals surface area contributed by atoms with Crippen molar-refractivity contribution in [2.45, 2.75) is 51.1 Å². The van der Waals surface area contributed by atoms with Gasteiger partial charge in [-0.3, -0.25) is 0 Å². The molecule has 1 fully saturated rings. The van der Waals surface area contributed by atoms with E-state index in [0.717, 1.165) is 12.3 Å². The van der Waals surface area contributed by atoms with Crippen molar-refractivity contribution < 1.29 is 0 Å². The zero-order valence-corrected chi connectivity index (χ0v) is 11.4. The van der Waals surface area contributed by atoms with Gasteiger partial charge in [-0.15, -0.1) is 6.58 Å². The first-order valence-corrected chi connectivity index (χ1v) is 7.20. The molecule has 1 saturated heterocycles. The number of piperidine rings is 1. The second kappa shape index (κ2) is 6.75. The summed E-state index contributed by atoms with van der Waals surface area (Å²) in [6.45, 7) is 6.23. The minimum Gasteiger partial charge on any atom is -0.311 e. The molecule has 0 saturated carbocycles. The van der Waals surface area contributed by atoms with Crippen LogP contribution in [-0.4, -0.2) is 12.1 Å². The van der Waals surface area contributed by atoms with Crippen LogP contribution in [0.3, 0.4) is 0 Å². The average Bonchev–Trinajstić information content (AvgIpc) is 2.41. The Hall–Kier alpha value is -1.08. The Labute approximate surface area is 111 Å². The summed E-state index contributed by atoms with van der Waals surface area (Å²) in [5.41, 5.74) is 1.46. The van der Waals surface area contributed by atoms with Gasteiger partial charge in [0.05, 0.1) is 0 Å². The normalized spacial score (nSPS) is 27.9. The summed E-state index contributed by atoms with van der Waals surface area (Å²) in [5.74, 6) is 0.801. The third-order valence-corrected chi connectivity index (χ3v) is 4.15. The van der Waals surface area contributed by atoms with E-state index in [1.54, 1.807) is 0 Å². The summed E-state index contributed by atoms with van der Waals surface area (Å²) < 4.78 is 0. The summed E-state index contributed by atoms with van der Waals surface area (Å²) >= 11 is 0. The molecule has 0 amide bonds. The van der Waals surface area contributed by atoms with Crippen molar-refractivity contribution in [2.24, 2.45) is 5.92 Å². The van der Waals surface area contributed by atoms with Crippen LogP contribution in [0.15, 0.2) is 43.0 Å². The van der Waals surface area contributed by atoms with E-state index in [1.165, 1.54) is 31.2 Å². The topological polar surface area (TPSA) is 12.0 Å². The van der Waals surface area contributed by atoms with Gasteiger partial charge in [-0.05, 0) is 43.6 Å². The van der Waals surface area contributed by atoms with Crippen molar-refractivity contribution in [1.29, 1.82) is 0 Å². The maximum atomic E-state index is 3.85. The molecule has 2 rings (SSSR count). The van der Waals surface area contributed by atoms with Crippen LogP contribution < -0.4 is 5.32 Å². The third kappa shape index (κ3) is 3.71. The number of benzene rings is 1.